The molecule has 3 aromatic carbocycles. The predicted octanol–water partition coefficient (Wildman–Crippen LogP) is 4.03. The first-order chi connectivity index (χ1) is 14.6. The van der Waals surface area contributed by atoms with E-state index in [1.54, 1.807) is 43.4 Å². The number of amides is 1. The van der Waals surface area contributed by atoms with Crippen LogP contribution in [0.2, 0.25) is 5.02 Å². The molecule has 1 amide bonds. The maximum atomic E-state index is 12.6. The van der Waals surface area contributed by atoms with Crippen molar-refractivity contribution >= 4 is 44.6 Å². The summed E-state index contributed by atoms with van der Waals surface area (Å²) in [5, 5.41) is 20.9. The van der Waals surface area contributed by atoms with E-state index in [4.69, 9.17) is 11.6 Å². The monoisotopic (exact) mass is 461 g/mol. The average Bonchev–Trinajstić information content (AvgIpc) is 2.73. The Morgan fingerprint density at radius 2 is 1.68 bits per heavy atom. The minimum Gasteiger partial charge on any atom is -0.502 e. The van der Waals surface area contributed by atoms with Crippen molar-refractivity contribution in [2.45, 2.75) is 4.90 Å². The zero-order chi connectivity index (χ0) is 22.8. The number of hydrogen-bond donors (Lipinski definition) is 2. The van der Waals surface area contributed by atoms with Crippen LogP contribution in [0.4, 0.5) is 17.1 Å². The lowest BCUT2D eigenvalue weighted by Crippen LogP contribution is -2.26. The van der Waals surface area contributed by atoms with Crippen molar-refractivity contribution in [1.29, 1.82) is 0 Å². The number of aromatic hydroxyl groups is 1. The van der Waals surface area contributed by atoms with Gasteiger partial charge in [-0.15, -0.1) is 0 Å². The normalized spacial score (nSPS) is 11.0. The van der Waals surface area contributed by atoms with E-state index in [1.807, 2.05) is 0 Å². The molecule has 0 saturated heterocycles. The number of halogens is 1. The van der Waals surface area contributed by atoms with E-state index in [1.165, 1.54) is 17.0 Å². The van der Waals surface area contributed by atoms with E-state index >= 15 is 0 Å². The van der Waals surface area contributed by atoms with Gasteiger partial charge in [0.2, 0.25) is 0 Å². The van der Waals surface area contributed by atoms with Crippen molar-refractivity contribution in [2.75, 3.05) is 16.7 Å². The highest BCUT2D eigenvalue weighted by atomic mass is 35.5. The zero-order valence-electron chi connectivity index (χ0n) is 16.0. The van der Waals surface area contributed by atoms with Crippen LogP contribution in [0.25, 0.3) is 0 Å². The van der Waals surface area contributed by atoms with Crippen molar-refractivity contribution in [2.24, 2.45) is 0 Å². The van der Waals surface area contributed by atoms with Crippen molar-refractivity contribution in [3.63, 3.8) is 0 Å². The summed E-state index contributed by atoms with van der Waals surface area (Å²) in [6.45, 7) is 0. The van der Waals surface area contributed by atoms with Gasteiger partial charge in [-0.1, -0.05) is 11.6 Å². The number of anilines is 2. The first-order valence-corrected chi connectivity index (χ1v) is 10.6. The largest absolute Gasteiger partial charge is 0.502 e. The highest BCUT2D eigenvalue weighted by Crippen LogP contribution is 2.29. The summed E-state index contributed by atoms with van der Waals surface area (Å²) in [6.07, 6.45) is 0. The molecule has 0 spiro atoms. The Kier molecular flexibility index (Phi) is 6.14. The number of benzene rings is 3. The average molecular weight is 462 g/mol. The van der Waals surface area contributed by atoms with Gasteiger partial charge in [-0.25, -0.2) is 8.42 Å². The van der Waals surface area contributed by atoms with Gasteiger partial charge < -0.3 is 10.0 Å². The summed E-state index contributed by atoms with van der Waals surface area (Å²) in [5.41, 5.74) is 0.418. The number of hydrogen-bond acceptors (Lipinski definition) is 6. The van der Waals surface area contributed by atoms with Crippen LogP contribution in [0, 0.1) is 10.1 Å². The van der Waals surface area contributed by atoms with Gasteiger partial charge >= 0.3 is 5.69 Å². The van der Waals surface area contributed by atoms with Crippen molar-refractivity contribution in [3.8, 4) is 5.75 Å². The summed E-state index contributed by atoms with van der Waals surface area (Å²) in [5.74, 6) is -0.914. The number of phenolic OH excluding ortho intramolecular Hbond substituents is 1. The number of nitro benzene ring substituents is 1. The van der Waals surface area contributed by atoms with Crippen LogP contribution in [0.1, 0.15) is 10.4 Å². The maximum absolute atomic E-state index is 12.6. The molecule has 0 aliphatic carbocycles. The van der Waals surface area contributed by atoms with E-state index in [0.29, 0.717) is 16.3 Å². The number of sulfonamides is 1. The quantitative estimate of drug-likeness (QED) is 0.421. The van der Waals surface area contributed by atoms with Gasteiger partial charge in [0.1, 0.15) is 0 Å². The highest BCUT2D eigenvalue weighted by Gasteiger charge is 2.21. The summed E-state index contributed by atoms with van der Waals surface area (Å²) < 4.78 is 27.4. The van der Waals surface area contributed by atoms with Gasteiger partial charge in [-0.05, 0) is 60.7 Å². The molecule has 0 atom stereocenters. The molecule has 2 N–H and O–H groups in total. The van der Waals surface area contributed by atoms with Gasteiger partial charge in [0, 0.05) is 35.1 Å². The summed E-state index contributed by atoms with van der Waals surface area (Å²) >= 11 is 5.83. The van der Waals surface area contributed by atoms with E-state index in [2.05, 4.69) is 4.72 Å². The lowest BCUT2D eigenvalue weighted by Gasteiger charge is -2.18. The molecular weight excluding hydrogens is 446 g/mol. The summed E-state index contributed by atoms with van der Waals surface area (Å²) in [7, 11) is -2.57. The van der Waals surface area contributed by atoms with E-state index in [0.717, 1.165) is 18.2 Å². The third-order valence-electron chi connectivity index (χ3n) is 4.36. The molecule has 0 heterocycles. The molecule has 160 valence electrons. The molecule has 0 aliphatic rings. The Bertz CT molecular complexity index is 1240. The number of phenols is 1. The fourth-order valence-electron chi connectivity index (χ4n) is 2.69. The van der Waals surface area contributed by atoms with Crippen LogP contribution in [-0.2, 0) is 10.0 Å². The van der Waals surface area contributed by atoms with Crippen LogP contribution in [0.5, 0.6) is 5.75 Å². The van der Waals surface area contributed by atoms with Gasteiger partial charge in [0.15, 0.2) is 5.75 Å². The minimum absolute atomic E-state index is 0.187. The lowest BCUT2D eigenvalue weighted by molar-refractivity contribution is -0.386. The Labute approximate surface area is 182 Å². The maximum Gasteiger partial charge on any atom is 0.312 e. The first kappa shape index (κ1) is 22.1. The SMILES string of the molecule is CN(C(=O)c1ccc(Cl)cc1)c1ccc(NS(=O)(=O)c2ccc(O)c([N+](=O)[O-])c2)cc1. The van der Waals surface area contributed by atoms with Crippen LogP contribution >= 0.6 is 11.6 Å². The Balaban J connectivity index is 1.78. The number of nitrogens with one attached hydrogen (secondary N) is 1. The Hall–Kier alpha value is -3.63. The van der Waals surface area contributed by atoms with Crippen LogP contribution < -0.4 is 9.62 Å². The number of nitrogens with zero attached hydrogens (tertiary/aromatic N) is 2. The fraction of sp³-hybridized carbons (Fsp3) is 0.0500. The van der Waals surface area contributed by atoms with E-state index in [9.17, 15) is 28.4 Å². The number of nitro groups is 1. The Morgan fingerprint density at radius 3 is 2.26 bits per heavy atom. The Morgan fingerprint density at radius 1 is 1.06 bits per heavy atom. The molecule has 0 fully saturated rings. The number of carbonyl (C=O) groups is 1. The first-order valence-electron chi connectivity index (χ1n) is 8.72. The van der Waals surface area contributed by atoms with Crippen molar-refractivity contribution < 1.29 is 23.2 Å². The molecule has 11 heteroatoms. The third-order valence-corrected chi connectivity index (χ3v) is 5.99. The van der Waals surface area contributed by atoms with Gasteiger partial charge in [-0.2, -0.15) is 0 Å². The summed E-state index contributed by atoms with van der Waals surface area (Å²) in [6, 6.07) is 15.2. The topological polar surface area (TPSA) is 130 Å². The smallest absolute Gasteiger partial charge is 0.312 e. The van der Waals surface area contributed by atoms with E-state index < -0.39 is 26.4 Å². The molecule has 9 nitrogen and oxygen atoms in total. The molecule has 0 unspecified atom stereocenters. The highest BCUT2D eigenvalue weighted by molar-refractivity contribution is 7.92. The van der Waals surface area contributed by atoms with Gasteiger partial charge in [0.25, 0.3) is 15.9 Å². The van der Waals surface area contributed by atoms with E-state index in [-0.39, 0.29) is 16.5 Å². The predicted molar refractivity (Wildman–Crippen MR) is 116 cm³/mol. The zero-order valence-corrected chi connectivity index (χ0v) is 17.6. The molecule has 0 radical (unpaired) electrons. The third kappa shape index (κ3) is 4.93. The number of carbonyl (C=O) groups excluding carboxylic acids is 1. The second kappa shape index (κ2) is 8.62. The molecule has 31 heavy (non-hydrogen) atoms. The van der Waals surface area contributed by atoms with Gasteiger partial charge in [-0.3, -0.25) is 19.6 Å². The molecule has 3 aromatic rings. The molecule has 0 aliphatic heterocycles. The molecule has 0 saturated carbocycles. The van der Waals surface area contributed by atoms with Crippen LogP contribution in [0.15, 0.2) is 71.6 Å². The second-order valence-corrected chi connectivity index (χ2v) is 8.55. The molecule has 3 rings (SSSR count). The standard InChI is InChI=1S/C20H16ClN3O6S/c1-23(20(26)13-2-4-14(21)5-3-13)16-8-6-15(7-9-16)22-31(29,30)17-10-11-19(25)18(12-17)24(27)28/h2-12,22,25H,1H3. The summed E-state index contributed by atoms with van der Waals surface area (Å²) in [4.78, 5) is 23.6. The lowest BCUT2D eigenvalue weighted by atomic mass is 10.2. The molecular formula is C20H16ClN3O6S. The van der Waals surface area contributed by atoms with Gasteiger partial charge in [0.05, 0.1) is 9.82 Å². The van der Waals surface area contributed by atoms with Crippen LogP contribution in [-0.4, -0.2) is 31.4 Å². The molecule has 0 bridgehead atoms. The number of rotatable bonds is 6. The fourth-order valence-corrected chi connectivity index (χ4v) is 3.89. The second-order valence-electron chi connectivity index (χ2n) is 6.43. The van der Waals surface area contributed by atoms with Crippen molar-refractivity contribution in [1.82, 2.24) is 0 Å². The minimum atomic E-state index is -4.14. The van der Waals surface area contributed by atoms with Crippen molar-refractivity contribution in [3.05, 3.63) is 87.4 Å². The molecule has 0 aromatic heterocycles. The van der Waals surface area contributed by atoms with Crippen LogP contribution in [0.3, 0.4) is 0 Å².